The van der Waals surface area contributed by atoms with Crippen molar-refractivity contribution in [2.24, 2.45) is 0 Å². The first kappa shape index (κ1) is 14.7. The number of benzene rings is 1. The summed E-state index contributed by atoms with van der Waals surface area (Å²) in [5.41, 5.74) is 0.698. The molecule has 4 nitrogen and oxygen atoms in total. The van der Waals surface area contributed by atoms with Crippen LogP contribution in [0, 0.1) is 0 Å². The van der Waals surface area contributed by atoms with Crippen LogP contribution in [0.1, 0.15) is 32.1 Å². The molecule has 0 radical (unpaired) electrons. The van der Waals surface area contributed by atoms with Crippen LogP contribution in [0.15, 0.2) is 18.2 Å². The second-order valence-electron chi connectivity index (χ2n) is 5.57. The number of hydrogen-bond acceptors (Lipinski definition) is 3. The number of carbonyl (C=O) groups excluding carboxylic acids is 2. The first-order chi connectivity index (χ1) is 10.1. The summed E-state index contributed by atoms with van der Waals surface area (Å²) >= 11 is 11.8. The Morgan fingerprint density at radius 1 is 1.10 bits per heavy atom. The summed E-state index contributed by atoms with van der Waals surface area (Å²) in [7, 11) is 0. The summed E-state index contributed by atoms with van der Waals surface area (Å²) in [5, 5.41) is 3.97. The Morgan fingerprint density at radius 2 is 1.81 bits per heavy atom. The summed E-state index contributed by atoms with van der Waals surface area (Å²) in [6.07, 6.45) is 4.24. The third-order valence-corrected chi connectivity index (χ3v) is 4.87. The molecule has 0 bridgehead atoms. The van der Waals surface area contributed by atoms with Gasteiger partial charge in [0.15, 0.2) is 0 Å². The Balaban J connectivity index is 1.73. The van der Waals surface area contributed by atoms with Gasteiger partial charge in [-0.2, -0.15) is 0 Å². The van der Waals surface area contributed by atoms with E-state index in [4.69, 9.17) is 23.2 Å². The van der Waals surface area contributed by atoms with Gasteiger partial charge < -0.3 is 5.32 Å². The van der Waals surface area contributed by atoms with Gasteiger partial charge in [-0.15, -0.1) is 0 Å². The average Bonchev–Trinajstić information content (AvgIpc) is 3.04. The quantitative estimate of drug-likeness (QED) is 0.865. The van der Waals surface area contributed by atoms with Crippen molar-refractivity contribution in [1.29, 1.82) is 0 Å². The fraction of sp³-hybridized carbons (Fsp3) is 0.467. The number of nitrogens with one attached hydrogen (secondary N) is 1. The largest absolute Gasteiger partial charge is 0.373 e. The highest BCUT2D eigenvalue weighted by Gasteiger charge is 2.42. The van der Waals surface area contributed by atoms with Crippen molar-refractivity contribution >= 4 is 40.7 Å². The number of halogens is 2. The van der Waals surface area contributed by atoms with Gasteiger partial charge in [-0.25, -0.2) is 0 Å². The van der Waals surface area contributed by atoms with Crippen LogP contribution in [0.3, 0.4) is 0 Å². The standard InChI is InChI=1S/C15H16Cl2N2O2/c16-11-6-5-9(7-12(11)17)18-13-8-14(20)19(15(13)21)10-3-1-2-4-10/h5-7,10,13,18H,1-4,8H2. The maximum atomic E-state index is 12.4. The SMILES string of the molecule is O=C1CC(Nc2ccc(Cl)c(Cl)c2)C(=O)N1C1CCCC1. The molecule has 1 aliphatic heterocycles. The second kappa shape index (κ2) is 5.85. The molecule has 1 saturated carbocycles. The first-order valence-corrected chi connectivity index (χ1v) is 7.89. The van der Waals surface area contributed by atoms with Crippen LogP contribution in [-0.2, 0) is 9.59 Å². The molecule has 2 amide bonds. The molecule has 6 heteroatoms. The van der Waals surface area contributed by atoms with Crippen LogP contribution in [0.25, 0.3) is 0 Å². The molecule has 1 aliphatic carbocycles. The fourth-order valence-corrected chi connectivity index (χ4v) is 3.40. The third-order valence-electron chi connectivity index (χ3n) is 4.13. The molecule has 3 rings (SSSR count). The average molecular weight is 327 g/mol. The number of nitrogens with zero attached hydrogens (tertiary/aromatic N) is 1. The van der Waals surface area contributed by atoms with Gasteiger partial charge in [0.05, 0.1) is 16.5 Å². The minimum absolute atomic E-state index is 0.0792. The Hall–Kier alpha value is -1.26. The van der Waals surface area contributed by atoms with Gasteiger partial charge in [0, 0.05) is 11.7 Å². The molecule has 112 valence electrons. The summed E-state index contributed by atoms with van der Waals surface area (Å²) in [4.78, 5) is 26.0. The van der Waals surface area contributed by atoms with Crippen molar-refractivity contribution in [2.45, 2.75) is 44.2 Å². The third kappa shape index (κ3) is 2.87. The summed E-state index contributed by atoms with van der Waals surface area (Å²) < 4.78 is 0. The summed E-state index contributed by atoms with van der Waals surface area (Å²) in [6.45, 7) is 0. The van der Waals surface area contributed by atoms with Crippen LogP contribution in [-0.4, -0.2) is 28.8 Å². The molecule has 2 aliphatic rings. The van der Waals surface area contributed by atoms with Crippen molar-refractivity contribution in [2.75, 3.05) is 5.32 Å². The van der Waals surface area contributed by atoms with E-state index < -0.39 is 6.04 Å². The van der Waals surface area contributed by atoms with Gasteiger partial charge in [0.2, 0.25) is 5.91 Å². The summed E-state index contributed by atoms with van der Waals surface area (Å²) in [6, 6.07) is 4.67. The molecule has 1 aromatic carbocycles. The lowest BCUT2D eigenvalue weighted by Gasteiger charge is -2.22. The van der Waals surface area contributed by atoms with Gasteiger partial charge in [0.25, 0.3) is 5.91 Å². The van der Waals surface area contributed by atoms with E-state index in [1.54, 1.807) is 18.2 Å². The van der Waals surface area contributed by atoms with Gasteiger partial charge in [-0.3, -0.25) is 14.5 Å². The molecule has 1 N–H and O–H groups in total. The fourth-order valence-electron chi connectivity index (χ4n) is 3.10. The van der Waals surface area contributed by atoms with Crippen LogP contribution < -0.4 is 5.32 Å². The number of anilines is 1. The predicted octanol–water partition coefficient (Wildman–Crippen LogP) is 3.48. The van der Waals surface area contributed by atoms with E-state index in [1.165, 1.54) is 4.90 Å². The van der Waals surface area contributed by atoms with E-state index in [1.807, 2.05) is 0 Å². The highest BCUT2D eigenvalue weighted by atomic mass is 35.5. The lowest BCUT2D eigenvalue weighted by molar-refractivity contribution is -0.141. The van der Waals surface area contributed by atoms with Gasteiger partial charge in [0.1, 0.15) is 6.04 Å². The molecule has 21 heavy (non-hydrogen) atoms. The zero-order chi connectivity index (χ0) is 15.0. The van der Waals surface area contributed by atoms with E-state index in [-0.39, 0.29) is 24.3 Å². The maximum absolute atomic E-state index is 12.4. The Morgan fingerprint density at radius 3 is 2.48 bits per heavy atom. The van der Waals surface area contributed by atoms with Crippen LogP contribution in [0.4, 0.5) is 5.69 Å². The highest BCUT2D eigenvalue weighted by Crippen LogP contribution is 2.30. The molecule has 1 aromatic rings. The van der Waals surface area contributed by atoms with Gasteiger partial charge in [-0.1, -0.05) is 36.0 Å². The van der Waals surface area contributed by atoms with E-state index in [0.717, 1.165) is 25.7 Å². The van der Waals surface area contributed by atoms with Crippen LogP contribution in [0.5, 0.6) is 0 Å². The van der Waals surface area contributed by atoms with Crippen molar-refractivity contribution in [3.05, 3.63) is 28.2 Å². The molecule has 1 saturated heterocycles. The van der Waals surface area contributed by atoms with Crippen molar-refractivity contribution in [3.63, 3.8) is 0 Å². The zero-order valence-electron chi connectivity index (χ0n) is 11.4. The predicted molar refractivity (Wildman–Crippen MR) is 82.6 cm³/mol. The molecule has 1 heterocycles. The van der Waals surface area contributed by atoms with Gasteiger partial charge in [-0.05, 0) is 31.0 Å². The normalized spacial score (nSPS) is 23.1. The molecule has 0 aromatic heterocycles. The lowest BCUT2D eigenvalue weighted by Crippen LogP contribution is -2.40. The van der Waals surface area contributed by atoms with E-state index in [0.29, 0.717) is 15.7 Å². The molecular formula is C15H16Cl2N2O2. The highest BCUT2D eigenvalue weighted by molar-refractivity contribution is 6.42. The topological polar surface area (TPSA) is 49.4 Å². The molecule has 1 unspecified atom stereocenters. The number of hydrogen-bond donors (Lipinski definition) is 1. The smallest absolute Gasteiger partial charge is 0.252 e. The Labute approximate surface area is 133 Å². The number of likely N-dealkylation sites (tertiary alicyclic amines) is 1. The van der Waals surface area contributed by atoms with Crippen LogP contribution >= 0.6 is 23.2 Å². The molecular weight excluding hydrogens is 311 g/mol. The van der Waals surface area contributed by atoms with E-state index in [2.05, 4.69) is 5.32 Å². The molecule has 2 fully saturated rings. The second-order valence-corrected chi connectivity index (χ2v) is 6.38. The maximum Gasteiger partial charge on any atom is 0.252 e. The van der Waals surface area contributed by atoms with Crippen molar-refractivity contribution in [3.8, 4) is 0 Å². The van der Waals surface area contributed by atoms with Crippen molar-refractivity contribution < 1.29 is 9.59 Å². The number of rotatable bonds is 3. The minimum atomic E-state index is -0.504. The number of imide groups is 1. The first-order valence-electron chi connectivity index (χ1n) is 7.14. The monoisotopic (exact) mass is 326 g/mol. The Kier molecular flexibility index (Phi) is 4.09. The number of carbonyl (C=O) groups is 2. The Bertz CT molecular complexity index is 585. The van der Waals surface area contributed by atoms with E-state index >= 15 is 0 Å². The molecule has 1 atom stereocenters. The van der Waals surface area contributed by atoms with Crippen molar-refractivity contribution in [1.82, 2.24) is 4.90 Å². The number of amides is 2. The zero-order valence-corrected chi connectivity index (χ0v) is 13.0. The van der Waals surface area contributed by atoms with Gasteiger partial charge >= 0.3 is 0 Å². The van der Waals surface area contributed by atoms with E-state index in [9.17, 15) is 9.59 Å². The summed E-state index contributed by atoms with van der Waals surface area (Å²) in [5.74, 6) is -0.206. The van der Waals surface area contributed by atoms with Crippen LogP contribution in [0.2, 0.25) is 10.0 Å². The lowest BCUT2D eigenvalue weighted by atomic mass is 10.2. The minimum Gasteiger partial charge on any atom is -0.373 e. The molecule has 0 spiro atoms.